The van der Waals surface area contributed by atoms with Crippen molar-refractivity contribution in [3.8, 4) is 0 Å². The van der Waals surface area contributed by atoms with E-state index in [-0.39, 0.29) is 48.8 Å². The summed E-state index contributed by atoms with van der Waals surface area (Å²) in [6.45, 7) is 10.8. The Kier molecular flexibility index (Phi) is 11.6. The summed E-state index contributed by atoms with van der Waals surface area (Å²) in [6, 6.07) is 7.17. The van der Waals surface area contributed by atoms with Gasteiger partial charge < -0.3 is 26.8 Å². The summed E-state index contributed by atoms with van der Waals surface area (Å²) >= 11 is 1.37. The first-order valence-corrected chi connectivity index (χ1v) is 17.1. The van der Waals surface area contributed by atoms with E-state index in [4.69, 9.17) is 5.73 Å². The van der Waals surface area contributed by atoms with Gasteiger partial charge in [0, 0.05) is 29.9 Å². The Hall–Kier alpha value is -2.67. The summed E-state index contributed by atoms with van der Waals surface area (Å²) in [5.74, 6) is -0.323. The van der Waals surface area contributed by atoms with E-state index in [1.807, 2.05) is 65.0 Å². The maximum absolute atomic E-state index is 13.4. The molecular formula is C33H52N6O5S. The number of carbonyl (C=O) groups is 4. The van der Waals surface area contributed by atoms with Crippen LogP contribution >= 0.6 is 11.8 Å². The molecule has 2 aliphatic heterocycles. The Morgan fingerprint density at radius 2 is 1.76 bits per heavy atom. The molecule has 45 heavy (non-hydrogen) atoms. The highest BCUT2D eigenvalue weighted by Gasteiger charge is 2.49. The molecule has 0 bridgehead atoms. The van der Waals surface area contributed by atoms with Crippen LogP contribution in [-0.2, 0) is 25.6 Å². The fourth-order valence-corrected chi connectivity index (χ4v) is 8.44. The molecule has 1 aromatic rings. The van der Waals surface area contributed by atoms with Crippen molar-refractivity contribution in [2.75, 3.05) is 19.6 Å². The Morgan fingerprint density at radius 1 is 1.09 bits per heavy atom. The number of nitrogens with two attached hydrogens (primary N) is 1. The molecule has 4 rings (SSSR count). The van der Waals surface area contributed by atoms with Gasteiger partial charge in [-0.25, -0.2) is 0 Å². The zero-order valence-electron chi connectivity index (χ0n) is 27.3. The minimum atomic E-state index is -1.02. The molecule has 2 heterocycles. The molecule has 3 fully saturated rings. The van der Waals surface area contributed by atoms with Crippen molar-refractivity contribution in [2.45, 2.75) is 113 Å². The molecule has 4 amide bonds. The summed E-state index contributed by atoms with van der Waals surface area (Å²) < 4.78 is -0.628. The van der Waals surface area contributed by atoms with Crippen molar-refractivity contribution in [2.24, 2.45) is 17.6 Å². The smallest absolute Gasteiger partial charge is 0.242 e. The maximum Gasteiger partial charge on any atom is 0.242 e. The second-order valence-electron chi connectivity index (χ2n) is 14.5. The van der Waals surface area contributed by atoms with Gasteiger partial charge in [0.15, 0.2) is 0 Å². The molecule has 0 spiro atoms. The highest BCUT2D eigenvalue weighted by molar-refractivity contribution is 8.01. The van der Waals surface area contributed by atoms with Crippen molar-refractivity contribution >= 4 is 35.4 Å². The third-order valence-corrected chi connectivity index (χ3v) is 10.6. The predicted molar refractivity (Wildman–Crippen MR) is 176 cm³/mol. The van der Waals surface area contributed by atoms with E-state index < -0.39 is 34.2 Å². The highest BCUT2D eigenvalue weighted by atomic mass is 32.2. The van der Waals surface area contributed by atoms with Gasteiger partial charge >= 0.3 is 0 Å². The number of fused-ring (bicyclic) bond motifs is 1. The van der Waals surface area contributed by atoms with Crippen molar-refractivity contribution in [3.63, 3.8) is 0 Å². The fourth-order valence-electron chi connectivity index (χ4n) is 6.93. The first-order valence-electron chi connectivity index (χ1n) is 16.2. The van der Waals surface area contributed by atoms with Gasteiger partial charge in [0.05, 0.1) is 23.9 Å². The Labute approximate surface area is 271 Å². The lowest BCUT2D eigenvalue weighted by Crippen LogP contribution is -2.59. The van der Waals surface area contributed by atoms with Crippen molar-refractivity contribution in [3.05, 3.63) is 35.9 Å². The van der Waals surface area contributed by atoms with E-state index in [0.717, 1.165) is 31.4 Å². The number of hydrogen-bond donors (Lipinski definition) is 6. The van der Waals surface area contributed by atoms with Gasteiger partial charge in [0.1, 0.15) is 12.1 Å². The number of primary amides is 1. The summed E-state index contributed by atoms with van der Waals surface area (Å²) in [7, 11) is 0. The van der Waals surface area contributed by atoms with Crippen LogP contribution in [0, 0.1) is 11.8 Å². The molecule has 3 aliphatic rings. The molecule has 1 saturated carbocycles. The van der Waals surface area contributed by atoms with Crippen LogP contribution in [0.15, 0.2) is 30.3 Å². The number of aliphatic hydroxyl groups is 1. The first-order chi connectivity index (χ1) is 21.1. The van der Waals surface area contributed by atoms with E-state index in [9.17, 15) is 24.3 Å². The maximum atomic E-state index is 13.4. The molecule has 7 N–H and O–H groups in total. The van der Waals surface area contributed by atoms with Crippen molar-refractivity contribution < 1.29 is 24.3 Å². The zero-order chi connectivity index (χ0) is 32.9. The topological polar surface area (TPSA) is 166 Å². The van der Waals surface area contributed by atoms with Crippen LogP contribution in [0.25, 0.3) is 0 Å². The van der Waals surface area contributed by atoms with Gasteiger partial charge in [-0.3, -0.25) is 29.4 Å². The number of piperidine rings is 1. The average molecular weight is 645 g/mol. The average Bonchev–Trinajstić information content (AvgIpc) is 3.28. The Morgan fingerprint density at radius 3 is 2.40 bits per heavy atom. The standard InChI is InChI=1S/C33H52N6O5S/c1-32(2,3)38-29(43)24-16-21-13-9-10-14-22(21)18-39(24)19-23(40)17-35-30(44)27-33(4,5)45-31(37-27)26(28(34)42)36-25(41)15-20-11-7-6-8-12-20/h6-8,11-12,21-24,26-27,31,37,40H,9-10,13-19H2,1-5H3,(H2,34,42)(H,35,44)(H,36,41)(H,38,43)/t21-,22+,23?,24-,26+,27-,31+/m0/s1. The zero-order valence-corrected chi connectivity index (χ0v) is 28.1. The largest absolute Gasteiger partial charge is 0.390 e. The van der Waals surface area contributed by atoms with Gasteiger partial charge in [0.25, 0.3) is 0 Å². The molecule has 0 aromatic heterocycles. The van der Waals surface area contributed by atoms with E-state index in [1.54, 1.807) is 0 Å². The summed E-state index contributed by atoms with van der Waals surface area (Å²) in [5, 5.41) is 22.4. The fraction of sp³-hybridized carbons (Fsp3) is 0.697. The van der Waals surface area contributed by atoms with Crippen LogP contribution in [0.2, 0.25) is 0 Å². The quantitative estimate of drug-likeness (QED) is 0.210. The van der Waals surface area contributed by atoms with E-state index in [2.05, 4.69) is 26.2 Å². The van der Waals surface area contributed by atoms with Gasteiger partial charge in [-0.2, -0.15) is 0 Å². The molecule has 1 unspecified atom stereocenters. The highest BCUT2D eigenvalue weighted by Crippen LogP contribution is 2.40. The van der Waals surface area contributed by atoms with Gasteiger partial charge in [-0.1, -0.05) is 49.6 Å². The number of aliphatic hydroxyl groups excluding tert-OH is 1. The normalized spacial score (nSPS) is 27.9. The number of rotatable bonds is 11. The number of amides is 4. The predicted octanol–water partition coefficient (Wildman–Crippen LogP) is 1.28. The molecule has 250 valence electrons. The molecule has 7 atom stereocenters. The van der Waals surface area contributed by atoms with Crippen LogP contribution in [0.3, 0.4) is 0 Å². The summed E-state index contributed by atoms with van der Waals surface area (Å²) in [6.07, 6.45) is 4.70. The second-order valence-corrected chi connectivity index (χ2v) is 16.3. The second kappa shape index (κ2) is 14.8. The SMILES string of the molecule is CC(C)(C)NC(=O)[C@@H]1C[C@@H]2CCCC[C@@H]2CN1CC(O)CNC(=O)[C@@H]1N[C@@H]([C@H](NC(=O)Cc2ccccc2)C(N)=O)SC1(C)C. The third-order valence-electron chi connectivity index (χ3n) is 9.11. The van der Waals surface area contributed by atoms with Crippen LogP contribution in [0.1, 0.15) is 72.3 Å². The minimum Gasteiger partial charge on any atom is -0.390 e. The Balaban J connectivity index is 1.33. The van der Waals surface area contributed by atoms with Gasteiger partial charge in [0.2, 0.25) is 23.6 Å². The first kappa shape index (κ1) is 35.2. The lowest BCUT2D eigenvalue weighted by Gasteiger charge is -2.46. The Bertz CT molecular complexity index is 1210. The lowest BCUT2D eigenvalue weighted by molar-refractivity contribution is -0.133. The monoisotopic (exact) mass is 644 g/mol. The van der Waals surface area contributed by atoms with Crippen LogP contribution in [0.4, 0.5) is 0 Å². The molecule has 11 nitrogen and oxygen atoms in total. The molecule has 0 radical (unpaired) electrons. The minimum absolute atomic E-state index is 0.0115. The molecular weight excluding hydrogens is 592 g/mol. The number of nitrogens with zero attached hydrogens (tertiary/aromatic N) is 1. The number of β-amino-alcohol motifs (C(OH)–C–C–N with tert-alkyl or cyclic N) is 1. The van der Waals surface area contributed by atoms with Crippen LogP contribution in [0.5, 0.6) is 0 Å². The van der Waals surface area contributed by atoms with Crippen molar-refractivity contribution in [1.29, 1.82) is 0 Å². The van der Waals surface area contributed by atoms with E-state index >= 15 is 0 Å². The number of carbonyl (C=O) groups excluding carboxylic acids is 4. The van der Waals surface area contributed by atoms with Crippen molar-refractivity contribution in [1.82, 2.24) is 26.2 Å². The van der Waals surface area contributed by atoms with E-state index in [0.29, 0.717) is 11.8 Å². The summed E-state index contributed by atoms with van der Waals surface area (Å²) in [4.78, 5) is 53.9. The molecule has 12 heteroatoms. The van der Waals surface area contributed by atoms with E-state index in [1.165, 1.54) is 24.6 Å². The number of likely N-dealkylation sites (tertiary alicyclic amines) is 1. The van der Waals surface area contributed by atoms with Crippen LogP contribution in [-0.4, -0.2) is 93.2 Å². The molecule has 1 aromatic carbocycles. The summed E-state index contributed by atoms with van der Waals surface area (Å²) in [5.41, 5.74) is 6.15. The van der Waals surface area contributed by atoms with Crippen LogP contribution < -0.4 is 27.0 Å². The number of thioether (sulfide) groups is 1. The number of nitrogens with one attached hydrogen (secondary N) is 4. The number of benzene rings is 1. The molecule has 1 aliphatic carbocycles. The van der Waals surface area contributed by atoms with Gasteiger partial charge in [-0.15, -0.1) is 11.8 Å². The lowest BCUT2D eigenvalue weighted by atomic mass is 9.72. The number of hydrogen-bond acceptors (Lipinski definition) is 8. The molecule has 2 saturated heterocycles. The third kappa shape index (κ3) is 9.67. The van der Waals surface area contributed by atoms with Gasteiger partial charge in [-0.05, 0) is 64.9 Å².